The first kappa shape index (κ1) is 16.2. The van der Waals surface area contributed by atoms with Crippen LogP contribution in [0, 0.1) is 30.1 Å². The summed E-state index contributed by atoms with van der Waals surface area (Å²) in [7, 11) is -0.942. The Hall–Kier alpha value is -1.14. The van der Waals surface area contributed by atoms with Crippen LogP contribution in [0.3, 0.4) is 0 Å². The highest BCUT2D eigenvalue weighted by Crippen LogP contribution is 2.35. The van der Waals surface area contributed by atoms with E-state index in [4.69, 9.17) is 0 Å². The minimum Gasteiger partial charge on any atom is -0.259 e. The molecule has 0 saturated heterocycles. The molecule has 2 rings (SSSR count). The Balaban J connectivity index is 2.05. The molecule has 1 saturated carbocycles. The van der Waals surface area contributed by atoms with Crippen molar-refractivity contribution < 1.29 is 4.21 Å². The van der Waals surface area contributed by atoms with Gasteiger partial charge in [-0.25, -0.2) is 0 Å². The van der Waals surface area contributed by atoms with Crippen molar-refractivity contribution in [3.05, 3.63) is 35.4 Å². The molecule has 0 heterocycles. The van der Waals surface area contributed by atoms with Gasteiger partial charge in [0.25, 0.3) is 0 Å². The van der Waals surface area contributed by atoms with Gasteiger partial charge in [0.2, 0.25) is 0 Å². The molecule has 0 spiro atoms. The summed E-state index contributed by atoms with van der Waals surface area (Å²) in [6.07, 6.45) is 5.40. The minimum absolute atomic E-state index is 0.0243. The molecule has 4 atom stereocenters. The van der Waals surface area contributed by atoms with Crippen LogP contribution < -0.4 is 0 Å². The average Bonchev–Trinajstić information content (AvgIpc) is 2.47. The van der Waals surface area contributed by atoms with E-state index >= 15 is 0 Å². The van der Waals surface area contributed by atoms with Gasteiger partial charge in [0.05, 0.1) is 17.2 Å². The molecule has 0 aliphatic heterocycles. The summed E-state index contributed by atoms with van der Waals surface area (Å²) >= 11 is 0. The molecule has 1 aliphatic carbocycles. The van der Waals surface area contributed by atoms with Crippen LogP contribution >= 0.6 is 0 Å². The summed E-state index contributed by atoms with van der Waals surface area (Å²) in [5.74, 6) is 1.22. The van der Waals surface area contributed by atoms with Gasteiger partial charge in [0.1, 0.15) is 0 Å². The van der Waals surface area contributed by atoms with Gasteiger partial charge in [0, 0.05) is 16.6 Å². The molecule has 2 nitrogen and oxygen atoms in total. The zero-order valence-corrected chi connectivity index (χ0v) is 13.9. The first-order valence-electron chi connectivity index (χ1n) is 7.96. The van der Waals surface area contributed by atoms with Gasteiger partial charge in [-0.2, -0.15) is 5.26 Å². The van der Waals surface area contributed by atoms with Gasteiger partial charge < -0.3 is 0 Å². The molecule has 1 fully saturated rings. The second kappa shape index (κ2) is 7.75. The van der Waals surface area contributed by atoms with E-state index in [2.05, 4.69) is 32.0 Å². The Kier molecular flexibility index (Phi) is 5.99. The summed E-state index contributed by atoms with van der Waals surface area (Å²) in [5.41, 5.74) is 2.33. The smallest absolute Gasteiger partial charge is 0.0668 e. The van der Waals surface area contributed by atoms with Crippen molar-refractivity contribution in [1.82, 2.24) is 0 Å². The quantitative estimate of drug-likeness (QED) is 0.811. The van der Waals surface area contributed by atoms with Gasteiger partial charge in [-0.1, -0.05) is 49.6 Å². The van der Waals surface area contributed by atoms with Gasteiger partial charge in [-0.15, -0.1) is 0 Å². The largest absolute Gasteiger partial charge is 0.259 e. The van der Waals surface area contributed by atoms with Crippen molar-refractivity contribution in [3.63, 3.8) is 0 Å². The third-order valence-electron chi connectivity index (χ3n) is 4.49. The second-order valence-electron chi connectivity index (χ2n) is 6.26. The molecule has 1 aliphatic rings. The van der Waals surface area contributed by atoms with Crippen LogP contribution in [0.5, 0.6) is 0 Å². The molecule has 3 heteroatoms. The number of benzene rings is 1. The molecule has 21 heavy (non-hydrogen) atoms. The van der Waals surface area contributed by atoms with Crippen molar-refractivity contribution in [2.24, 2.45) is 11.8 Å². The van der Waals surface area contributed by atoms with E-state index in [1.165, 1.54) is 18.4 Å². The summed E-state index contributed by atoms with van der Waals surface area (Å²) in [4.78, 5) is 0. The lowest BCUT2D eigenvalue weighted by Gasteiger charge is -2.32. The van der Waals surface area contributed by atoms with Gasteiger partial charge in [-0.3, -0.25) is 4.21 Å². The van der Waals surface area contributed by atoms with E-state index in [-0.39, 0.29) is 11.2 Å². The number of rotatable bonds is 5. The lowest BCUT2D eigenvalue weighted by molar-refractivity contribution is 0.303. The molecule has 0 amide bonds. The summed E-state index contributed by atoms with van der Waals surface area (Å²) in [6, 6.07) is 10.6. The highest BCUT2D eigenvalue weighted by Gasteiger charge is 2.34. The van der Waals surface area contributed by atoms with Gasteiger partial charge in [-0.05, 0) is 37.7 Å². The zero-order chi connectivity index (χ0) is 15.2. The van der Waals surface area contributed by atoms with Crippen LogP contribution in [0.2, 0.25) is 0 Å². The number of nitriles is 1. The van der Waals surface area contributed by atoms with Crippen molar-refractivity contribution in [3.8, 4) is 6.07 Å². The highest BCUT2D eigenvalue weighted by molar-refractivity contribution is 7.84. The third kappa shape index (κ3) is 4.41. The van der Waals surface area contributed by atoms with Crippen LogP contribution in [0.4, 0.5) is 0 Å². The predicted octanol–water partition coefficient (Wildman–Crippen LogP) is 4.35. The SMILES string of the molecule is CCCC1CCC(C#N)C(S(=O)Cc2cccc(C)c2)C1. The lowest BCUT2D eigenvalue weighted by Crippen LogP contribution is -2.33. The fourth-order valence-electron chi connectivity index (χ4n) is 3.39. The van der Waals surface area contributed by atoms with Crippen molar-refractivity contribution in [1.29, 1.82) is 5.26 Å². The normalized spacial score (nSPS) is 27.0. The van der Waals surface area contributed by atoms with E-state index in [1.807, 2.05) is 12.1 Å². The number of hydrogen-bond acceptors (Lipinski definition) is 2. The summed E-state index contributed by atoms with van der Waals surface area (Å²) < 4.78 is 12.8. The maximum absolute atomic E-state index is 12.8. The topological polar surface area (TPSA) is 40.9 Å². The van der Waals surface area contributed by atoms with Crippen molar-refractivity contribution in [2.75, 3.05) is 0 Å². The van der Waals surface area contributed by atoms with Crippen LogP contribution in [0.1, 0.15) is 50.2 Å². The Morgan fingerprint density at radius 3 is 2.86 bits per heavy atom. The zero-order valence-electron chi connectivity index (χ0n) is 13.0. The molecule has 114 valence electrons. The molecule has 1 aromatic rings. The van der Waals surface area contributed by atoms with E-state index in [0.717, 1.165) is 24.8 Å². The first-order valence-corrected chi connectivity index (χ1v) is 9.34. The Morgan fingerprint density at radius 1 is 1.38 bits per heavy atom. The fourth-order valence-corrected chi connectivity index (χ4v) is 5.17. The van der Waals surface area contributed by atoms with Crippen molar-refractivity contribution in [2.45, 2.75) is 57.0 Å². The molecule has 0 radical (unpaired) electrons. The molecule has 0 bridgehead atoms. The fraction of sp³-hybridized carbons (Fsp3) is 0.611. The first-order chi connectivity index (χ1) is 10.1. The third-order valence-corrected chi connectivity index (χ3v) is 6.31. The Morgan fingerprint density at radius 2 is 2.19 bits per heavy atom. The van der Waals surface area contributed by atoms with Crippen LogP contribution in [-0.4, -0.2) is 9.46 Å². The average molecular weight is 303 g/mol. The molecular formula is C18H25NOS. The molecule has 1 aromatic carbocycles. The standard InChI is InChI=1S/C18H25NOS/c1-3-5-15-8-9-17(12-19)18(11-15)21(20)13-16-7-4-6-14(2)10-16/h4,6-7,10,15,17-18H,3,5,8-9,11,13H2,1-2H3. The van der Waals surface area contributed by atoms with E-state index in [0.29, 0.717) is 11.7 Å². The Labute approximate surface area is 131 Å². The van der Waals surface area contributed by atoms with Gasteiger partial charge in [0.15, 0.2) is 0 Å². The van der Waals surface area contributed by atoms with E-state index < -0.39 is 10.8 Å². The van der Waals surface area contributed by atoms with Crippen molar-refractivity contribution >= 4 is 10.8 Å². The van der Waals surface area contributed by atoms with Crippen LogP contribution in [0.25, 0.3) is 0 Å². The van der Waals surface area contributed by atoms with Gasteiger partial charge >= 0.3 is 0 Å². The van der Waals surface area contributed by atoms with Crippen LogP contribution in [0.15, 0.2) is 24.3 Å². The Bertz CT molecular complexity index is 534. The molecule has 0 aromatic heterocycles. The summed E-state index contributed by atoms with van der Waals surface area (Å²) in [5, 5.41) is 9.41. The summed E-state index contributed by atoms with van der Waals surface area (Å²) in [6.45, 7) is 4.26. The molecular weight excluding hydrogens is 278 g/mol. The monoisotopic (exact) mass is 303 g/mol. The maximum atomic E-state index is 12.8. The number of aryl methyl sites for hydroxylation is 1. The van der Waals surface area contributed by atoms with E-state index in [1.54, 1.807) is 0 Å². The molecule has 4 unspecified atom stereocenters. The van der Waals surface area contributed by atoms with Crippen LogP contribution in [-0.2, 0) is 16.6 Å². The molecule has 0 N–H and O–H groups in total. The van der Waals surface area contributed by atoms with E-state index in [9.17, 15) is 9.47 Å². The number of hydrogen-bond donors (Lipinski definition) is 0. The number of nitrogens with zero attached hydrogens (tertiary/aromatic N) is 1. The minimum atomic E-state index is -0.942. The lowest BCUT2D eigenvalue weighted by atomic mass is 9.80. The maximum Gasteiger partial charge on any atom is 0.0668 e. The highest BCUT2D eigenvalue weighted by atomic mass is 32.2. The predicted molar refractivity (Wildman–Crippen MR) is 88.2 cm³/mol. The second-order valence-corrected chi connectivity index (χ2v) is 7.91.